The van der Waals surface area contributed by atoms with E-state index in [1.807, 2.05) is 19.1 Å². The molecule has 1 heterocycles. The van der Waals surface area contributed by atoms with E-state index in [2.05, 4.69) is 5.92 Å². The first-order valence-electron chi connectivity index (χ1n) is 4.96. The molecule has 0 radical (unpaired) electrons. The summed E-state index contributed by atoms with van der Waals surface area (Å²) in [5, 5.41) is 1.00. The van der Waals surface area contributed by atoms with E-state index < -0.39 is 0 Å². The van der Waals surface area contributed by atoms with E-state index >= 15 is 0 Å². The molecule has 0 aliphatic heterocycles. The summed E-state index contributed by atoms with van der Waals surface area (Å²) >= 11 is 0. The molecule has 0 aliphatic carbocycles. The van der Waals surface area contributed by atoms with E-state index in [0.29, 0.717) is 5.69 Å². The van der Waals surface area contributed by atoms with Crippen molar-refractivity contribution < 1.29 is 0 Å². The second kappa shape index (κ2) is 3.74. The van der Waals surface area contributed by atoms with Crippen molar-refractivity contribution in [3.63, 3.8) is 0 Å². The summed E-state index contributed by atoms with van der Waals surface area (Å²) in [6, 6.07) is 7.10. The van der Waals surface area contributed by atoms with Gasteiger partial charge in [-0.1, -0.05) is 12.0 Å². The van der Waals surface area contributed by atoms with Crippen LogP contribution in [-0.2, 0) is 6.54 Å². The van der Waals surface area contributed by atoms with Gasteiger partial charge in [-0.2, -0.15) is 0 Å². The van der Waals surface area contributed by atoms with Crippen LogP contribution in [0.4, 0.5) is 5.69 Å². The molecule has 80 valence electrons. The summed E-state index contributed by atoms with van der Waals surface area (Å²) in [7, 11) is 0. The average molecular weight is 212 g/mol. The zero-order valence-electron chi connectivity index (χ0n) is 9.03. The second-order valence-corrected chi connectivity index (χ2v) is 3.73. The molecule has 0 unspecified atom stereocenters. The van der Waals surface area contributed by atoms with E-state index in [1.54, 1.807) is 16.7 Å². The highest BCUT2D eigenvalue weighted by molar-refractivity contribution is 5.85. The molecular weight excluding hydrogens is 200 g/mol. The number of terminal acetylenes is 1. The van der Waals surface area contributed by atoms with Gasteiger partial charge in [0.05, 0.1) is 12.1 Å². The van der Waals surface area contributed by atoms with Crippen LogP contribution < -0.4 is 11.3 Å². The normalized spacial score (nSPS) is 10.2. The van der Waals surface area contributed by atoms with Crippen molar-refractivity contribution in [3.05, 3.63) is 40.2 Å². The maximum Gasteiger partial charge on any atom is 0.252 e. The van der Waals surface area contributed by atoms with Crippen LogP contribution in [0.15, 0.2) is 29.1 Å². The Morgan fingerprint density at radius 3 is 2.88 bits per heavy atom. The van der Waals surface area contributed by atoms with E-state index in [4.69, 9.17) is 12.2 Å². The lowest BCUT2D eigenvalue weighted by atomic mass is 10.1. The first kappa shape index (κ1) is 10.3. The number of hydrogen-bond donors (Lipinski definition) is 1. The standard InChI is InChI=1S/C13H12N2O/c1-3-6-15-12-8-10(14)4-5-11(12)9(2)7-13(15)16/h1,4-5,7-8H,6,14H2,2H3. The molecule has 0 saturated carbocycles. The van der Waals surface area contributed by atoms with Gasteiger partial charge in [-0.05, 0) is 24.6 Å². The van der Waals surface area contributed by atoms with Crippen molar-refractivity contribution >= 4 is 16.6 Å². The molecule has 0 aliphatic rings. The number of fused-ring (bicyclic) bond motifs is 1. The summed E-state index contributed by atoms with van der Waals surface area (Å²) in [6.07, 6.45) is 5.26. The number of benzene rings is 1. The highest BCUT2D eigenvalue weighted by atomic mass is 16.1. The average Bonchev–Trinajstić information content (AvgIpc) is 2.23. The largest absolute Gasteiger partial charge is 0.399 e. The van der Waals surface area contributed by atoms with Crippen molar-refractivity contribution in [2.24, 2.45) is 0 Å². The molecule has 0 saturated heterocycles. The molecule has 2 rings (SSSR count). The smallest absolute Gasteiger partial charge is 0.252 e. The van der Waals surface area contributed by atoms with E-state index in [-0.39, 0.29) is 12.1 Å². The lowest BCUT2D eigenvalue weighted by molar-refractivity contribution is 0.834. The summed E-state index contributed by atoms with van der Waals surface area (Å²) < 4.78 is 1.55. The van der Waals surface area contributed by atoms with Crippen molar-refractivity contribution in [2.75, 3.05) is 5.73 Å². The van der Waals surface area contributed by atoms with Crippen LogP contribution in [0.1, 0.15) is 5.56 Å². The summed E-state index contributed by atoms with van der Waals surface area (Å²) in [5.41, 5.74) is 7.99. The minimum Gasteiger partial charge on any atom is -0.399 e. The lowest BCUT2D eigenvalue weighted by Gasteiger charge is -2.09. The topological polar surface area (TPSA) is 48.0 Å². The zero-order chi connectivity index (χ0) is 11.7. The Balaban J connectivity index is 2.93. The van der Waals surface area contributed by atoms with Crippen LogP contribution in [0.5, 0.6) is 0 Å². The van der Waals surface area contributed by atoms with Gasteiger partial charge >= 0.3 is 0 Å². The van der Waals surface area contributed by atoms with Gasteiger partial charge in [0.2, 0.25) is 0 Å². The van der Waals surface area contributed by atoms with E-state index in [0.717, 1.165) is 16.5 Å². The number of rotatable bonds is 1. The zero-order valence-corrected chi connectivity index (χ0v) is 9.03. The van der Waals surface area contributed by atoms with Gasteiger partial charge in [0.25, 0.3) is 5.56 Å². The Morgan fingerprint density at radius 1 is 1.44 bits per heavy atom. The Labute approximate surface area is 93.5 Å². The van der Waals surface area contributed by atoms with Crippen molar-refractivity contribution in [3.8, 4) is 12.3 Å². The molecule has 1 aromatic heterocycles. The molecule has 1 aromatic carbocycles. The molecule has 2 aromatic rings. The Hall–Kier alpha value is -2.21. The van der Waals surface area contributed by atoms with Crippen molar-refractivity contribution in [2.45, 2.75) is 13.5 Å². The number of aromatic nitrogens is 1. The first-order valence-corrected chi connectivity index (χ1v) is 4.96. The molecule has 0 spiro atoms. The molecule has 3 nitrogen and oxygen atoms in total. The molecule has 3 heteroatoms. The quantitative estimate of drug-likeness (QED) is 0.575. The molecule has 16 heavy (non-hydrogen) atoms. The highest BCUT2D eigenvalue weighted by Gasteiger charge is 2.05. The van der Waals surface area contributed by atoms with Crippen LogP contribution in [-0.4, -0.2) is 4.57 Å². The summed E-state index contributed by atoms with van der Waals surface area (Å²) in [5.74, 6) is 2.48. The van der Waals surface area contributed by atoms with Crippen molar-refractivity contribution in [1.29, 1.82) is 0 Å². The predicted octanol–water partition coefficient (Wildman–Crippen LogP) is 1.53. The summed E-state index contributed by atoms with van der Waals surface area (Å²) in [6.45, 7) is 2.17. The Morgan fingerprint density at radius 2 is 2.19 bits per heavy atom. The van der Waals surface area contributed by atoms with Gasteiger partial charge in [-0.25, -0.2) is 0 Å². The SMILES string of the molecule is C#CCn1c(=O)cc(C)c2ccc(N)cc21. The minimum absolute atomic E-state index is 0.0893. The number of aryl methyl sites for hydroxylation is 1. The third-order valence-electron chi connectivity index (χ3n) is 2.59. The predicted molar refractivity (Wildman–Crippen MR) is 66.2 cm³/mol. The van der Waals surface area contributed by atoms with Gasteiger partial charge in [0.1, 0.15) is 0 Å². The van der Waals surface area contributed by atoms with E-state index in [1.165, 1.54) is 0 Å². The number of nitrogens with two attached hydrogens (primary N) is 1. The molecule has 0 amide bonds. The van der Waals surface area contributed by atoms with Gasteiger partial charge in [0.15, 0.2) is 0 Å². The van der Waals surface area contributed by atoms with Gasteiger partial charge in [-0.3, -0.25) is 9.36 Å². The van der Waals surface area contributed by atoms with Crippen LogP contribution in [0.2, 0.25) is 0 Å². The van der Waals surface area contributed by atoms with Gasteiger partial charge in [0, 0.05) is 17.1 Å². The van der Waals surface area contributed by atoms with E-state index in [9.17, 15) is 4.79 Å². The lowest BCUT2D eigenvalue weighted by Crippen LogP contribution is -2.19. The van der Waals surface area contributed by atoms with Gasteiger partial charge < -0.3 is 5.73 Å². The van der Waals surface area contributed by atoms with Crippen LogP contribution >= 0.6 is 0 Å². The maximum atomic E-state index is 11.8. The van der Waals surface area contributed by atoms with Crippen LogP contribution in [0.25, 0.3) is 10.9 Å². The Kier molecular flexibility index (Phi) is 2.41. The number of pyridine rings is 1. The van der Waals surface area contributed by atoms with Crippen molar-refractivity contribution in [1.82, 2.24) is 4.57 Å². The first-order chi connectivity index (χ1) is 7.63. The number of anilines is 1. The van der Waals surface area contributed by atoms with Crippen LogP contribution in [0.3, 0.4) is 0 Å². The fraction of sp³-hybridized carbons (Fsp3) is 0.154. The maximum absolute atomic E-state index is 11.8. The monoisotopic (exact) mass is 212 g/mol. The Bertz CT molecular complexity index is 647. The molecule has 0 atom stereocenters. The molecular formula is C13H12N2O. The summed E-state index contributed by atoms with van der Waals surface area (Å²) in [4.78, 5) is 11.8. The molecule has 0 bridgehead atoms. The third-order valence-corrected chi connectivity index (χ3v) is 2.59. The number of nitrogen functional groups attached to an aromatic ring is 1. The van der Waals surface area contributed by atoms with Gasteiger partial charge in [-0.15, -0.1) is 6.42 Å². The fourth-order valence-corrected chi connectivity index (χ4v) is 1.82. The number of hydrogen-bond acceptors (Lipinski definition) is 2. The fourth-order valence-electron chi connectivity index (χ4n) is 1.82. The molecule has 2 N–H and O–H groups in total. The highest BCUT2D eigenvalue weighted by Crippen LogP contribution is 2.19. The second-order valence-electron chi connectivity index (χ2n) is 3.73. The number of nitrogens with zero attached hydrogens (tertiary/aromatic N) is 1. The third kappa shape index (κ3) is 1.55. The minimum atomic E-state index is -0.0893. The van der Waals surface area contributed by atoms with Crippen LogP contribution in [0, 0.1) is 19.3 Å². The molecule has 0 fully saturated rings.